The van der Waals surface area contributed by atoms with Crippen molar-refractivity contribution >= 4 is 10.9 Å². The molecular formula is C16H20N2O2. The number of nitrogens with one attached hydrogen (secondary N) is 1. The molecule has 20 heavy (non-hydrogen) atoms. The first-order valence-corrected chi connectivity index (χ1v) is 7.18. The molecule has 1 atom stereocenters. The predicted molar refractivity (Wildman–Crippen MR) is 78.5 cm³/mol. The van der Waals surface area contributed by atoms with Crippen LogP contribution >= 0.6 is 0 Å². The van der Waals surface area contributed by atoms with Gasteiger partial charge in [-0.2, -0.15) is 0 Å². The molecule has 106 valence electrons. The molecule has 4 nitrogen and oxygen atoms in total. The zero-order valence-electron chi connectivity index (χ0n) is 11.7. The predicted octanol–water partition coefficient (Wildman–Crippen LogP) is 2.65. The topological polar surface area (TPSA) is 43.4 Å². The number of hydrogen-bond acceptors (Lipinski definition) is 4. The SMILES string of the molecule is CCNC(CC1OCCO1)c1cccc2cccnc12. The Morgan fingerprint density at radius 2 is 2.05 bits per heavy atom. The van der Waals surface area contributed by atoms with Crippen LogP contribution in [0.15, 0.2) is 36.5 Å². The molecule has 3 rings (SSSR count). The number of rotatable bonds is 5. The molecule has 1 N–H and O–H groups in total. The van der Waals surface area contributed by atoms with Crippen molar-refractivity contribution in [1.29, 1.82) is 0 Å². The third-order valence-corrected chi connectivity index (χ3v) is 3.61. The largest absolute Gasteiger partial charge is 0.350 e. The summed E-state index contributed by atoms with van der Waals surface area (Å²) in [5.41, 5.74) is 2.27. The fourth-order valence-electron chi connectivity index (χ4n) is 2.71. The maximum atomic E-state index is 5.58. The fraction of sp³-hybridized carbons (Fsp3) is 0.438. The van der Waals surface area contributed by atoms with E-state index in [-0.39, 0.29) is 12.3 Å². The van der Waals surface area contributed by atoms with Crippen LogP contribution in [0, 0.1) is 0 Å². The van der Waals surface area contributed by atoms with Crippen LogP contribution in [-0.4, -0.2) is 31.0 Å². The second kappa shape index (κ2) is 6.31. The molecule has 1 aliphatic rings. The Balaban J connectivity index is 1.91. The zero-order chi connectivity index (χ0) is 13.8. The first-order chi connectivity index (χ1) is 9.88. The Morgan fingerprint density at radius 1 is 1.25 bits per heavy atom. The highest BCUT2D eigenvalue weighted by molar-refractivity contribution is 5.82. The molecule has 0 radical (unpaired) electrons. The Labute approximate surface area is 119 Å². The number of ether oxygens (including phenoxy) is 2. The number of benzene rings is 1. The highest BCUT2D eigenvalue weighted by atomic mass is 16.7. The van der Waals surface area contributed by atoms with E-state index >= 15 is 0 Å². The molecular weight excluding hydrogens is 252 g/mol. The van der Waals surface area contributed by atoms with Crippen molar-refractivity contribution in [3.05, 3.63) is 42.1 Å². The van der Waals surface area contributed by atoms with E-state index in [1.54, 1.807) is 0 Å². The molecule has 0 aliphatic carbocycles. The van der Waals surface area contributed by atoms with Crippen LogP contribution in [0.3, 0.4) is 0 Å². The number of nitrogens with zero attached hydrogens (tertiary/aromatic N) is 1. The van der Waals surface area contributed by atoms with Gasteiger partial charge in [-0.05, 0) is 18.2 Å². The molecule has 0 amide bonds. The van der Waals surface area contributed by atoms with Crippen LogP contribution in [0.2, 0.25) is 0 Å². The summed E-state index contributed by atoms with van der Waals surface area (Å²) in [6.07, 6.45) is 2.54. The summed E-state index contributed by atoms with van der Waals surface area (Å²) >= 11 is 0. The van der Waals surface area contributed by atoms with E-state index in [1.807, 2.05) is 12.3 Å². The lowest BCUT2D eigenvalue weighted by Crippen LogP contribution is -2.26. The van der Waals surface area contributed by atoms with E-state index in [0.717, 1.165) is 18.5 Å². The van der Waals surface area contributed by atoms with E-state index in [1.165, 1.54) is 10.9 Å². The Morgan fingerprint density at radius 3 is 2.85 bits per heavy atom. The lowest BCUT2D eigenvalue weighted by atomic mass is 10.00. The normalized spacial score (nSPS) is 17.6. The molecule has 2 aromatic rings. The van der Waals surface area contributed by atoms with Gasteiger partial charge in [-0.25, -0.2) is 0 Å². The first kappa shape index (κ1) is 13.5. The number of hydrogen-bond donors (Lipinski definition) is 1. The summed E-state index contributed by atoms with van der Waals surface area (Å²) in [5.74, 6) is 0. The number of para-hydroxylation sites is 1. The molecule has 1 fully saturated rings. The van der Waals surface area contributed by atoms with Gasteiger partial charge in [0.05, 0.1) is 18.7 Å². The Bertz CT molecular complexity index is 562. The van der Waals surface area contributed by atoms with E-state index < -0.39 is 0 Å². The lowest BCUT2D eigenvalue weighted by Gasteiger charge is -2.22. The van der Waals surface area contributed by atoms with Crippen LogP contribution < -0.4 is 5.32 Å². The quantitative estimate of drug-likeness (QED) is 0.908. The van der Waals surface area contributed by atoms with Crippen LogP contribution in [0.4, 0.5) is 0 Å². The third-order valence-electron chi connectivity index (χ3n) is 3.61. The van der Waals surface area contributed by atoms with E-state index in [9.17, 15) is 0 Å². The van der Waals surface area contributed by atoms with Crippen molar-refractivity contribution < 1.29 is 9.47 Å². The standard InChI is InChI=1S/C16H20N2O2/c1-2-17-14(11-15-19-9-10-20-15)13-7-3-5-12-6-4-8-18-16(12)13/h3-8,14-15,17H,2,9-11H2,1H3. The van der Waals surface area contributed by atoms with Crippen molar-refractivity contribution in [3.8, 4) is 0 Å². The molecule has 0 spiro atoms. The molecule has 2 heterocycles. The summed E-state index contributed by atoms with van der Waals surface area (Å²) in [5, 5.41) is 4.69. The van der Waals surface area contributed by atoms with E-state index in [4.69, 9.17) is 9.47 Å². The minimum Gasteiger partial charge on any atom is -0.350 e. The molecule has 1 aromatic heterocycles. The minimum atomic E-state index is -0.113. The highest BCUT2D eigenvalue weighted by Crippen LogP contribution is 2.27. The van der Waals surface area contributed by atoms with Gasteiger partial charge in [-0.15, -0.1) is 0 Å². The van der Waals surface area contributed by atoms with Gasteiger partial charge in [0.25, 0.3) is 0 Å². The van der Waals surface area contributed by atoms with Crippen LogP contribution in [0.1, 0.15) is 24.9 Å². The number of fused-ring (bicyclic) bond motifs is 1. The van der Waals surface area contributed by atoms with E-state index in [0.29, 0.717) is 13.2 Å². The number of pyridine rings is 1. The van der Waals surface area contributed by atoms with Gasteiger partial charge in [0.1, 0.15) is 0 Å². The van der Waals surface area contributed by atoms with Gasteiger partial charge in [0.2, 0.25) is 0 Å². The van der Waals surface area contributed by atoms with Crippen molar-refractivity contribution in [3.63, 3.8) is 0 Å². The van der Waals surface area contributed by atoms with Gasteiger partial charge in [0.15, 0.2) is 6.29 Å². The van der Waals surface area contributed by atoms with Crippen LogP contribution in [0.5, 0.6) is 0 Å². The summed E-state index contributed by atoms with van der Waals surface area (Å²) in [6, 6.07) is 10.6. The molecule has 0 saturated carbocycles. The maximum absolute atomic E-state index is 5.58. The van der Waals surface area contributed by atoms with Gasteiger partial charge in [0, 0.05) is 24.0 Å². The highest BCUT2D eigenvalue weighted by Gasteiger charge is 2.23. The lowest BCUT2D eigenvalue weighted by molar-refractivity contribution is -0.0528. The minimum absolute atomic E-state index is 0.113. The number of aromatic nitrogens is 1. The third kappa shape index (κ3) is 2.82. The average Bonchev–Trinajstić information content (AvgIpc) is 2.99. The van der Waals surface area contributed by atoms with Crippen molar-refractivity contribution in [2.45, 2.75) is 25.7 Å². The van der Waals surface area contributed by atoms with Crippen molar-refractivity contribution in [1.82, 2.24) is 10.3 Å². The first-order valence-electron chi connectivity index (χ1n) is 7.18. The van der Waals surface area contributed by atoms with Gasteiger partial charge < -0.3 is 14.8 Å². The summed E-state index contributed by atoms with van der Waals surface area (Å²) in [6.45, 7) is 4.40. The summed E-state index contributed by atoms with van der Waals surface area (Å²) < 4.78 is 11.2. The summed E-state index contributed by atoms with van der Waals surface area (Å²) in [7, 11) is 0. The molecule has 1 aliphatic heterocycles. The average molecular weight is 272 g/mol. The van der Waals surface area contributed by atoms with Crippen molar-refractivity contribution in [2.24, 2.45) is 0 Å². The Hall–Kier alpha value is -1.49. The van der Waals surface area contributed by atoms with Crippen LogP contribution in [-0.2, 0) is 9.47 Å². The molecule has 1 aromatic carbocycles. The van der Waals surface area contributed by atoms with E-state index in [2.05, 4.69) is 41.5 Å². The zero-order valence-corrected chi connectivity index (χ0v) is 11.7. The second-order valence-corrected chi connectivity index (χ2v) is 4.94. The van der Waals surface area contributed by atoms with Gasteiger partial charge in [-0.1, -0.05) is 31.2 Å². The second-order valence-electron chi connectivity index (χ2n) is 4.94. The van der Waals surface area contributed by atoms with Gasteiger partial charge >= 0.3 is 0 Å². The summed E-state index contributed by atoms with van der Waals surface area (Å²) in [4.78, 5) is 4.54. The molecule has 4 heteroatoms. The molecule has 1 saturated heterocycles. The van der Waals surface area contributed by atoms with Gasteiger partial charge in [-0.3, -0.25) is 4.98 Å². The fourth-order valence-corrected chi connectivity index (χ4v) is 2.71. The maximum Gasteiger partial charge on any atom is 0.159 e. The monoisotopic (exact) mass is 272 g/mol. The molecule has 0 bridgehead atoms. The Kier molecular flexibility index (Phi) is 4.25. The van der Waals surface area contributed by atoms with Crippen LogP contribution in [0.25, 0.3) is 10.9 Å². The van der Waals surface area contributed by atoms with Crippen molar-refractivity contribution in [2.75, 3.05) is 19.8 Å². The molecule has 1 unspecified atom stereocenters. The smallest absolute Gasteiger partial charge is 0.159 e.